The minimum Gasteiger partial charge on any atom is -0.346 e. The monoisotopic (exact) mass is 464 g/mol. The number of anilines is 1. The number of carbonyl (C=O) groups excluding carboxylic acids is 1. The second kappa shape index (κ2) is 8.13. The Hall–Kier alpha value is -4.49. The molecule has 7 nitrogen and oxygen atoms in total. The standard InChI is InChI=1S/C26H17ClN6O/c27-20-4-1-15(2-5-20)25-32-22-6-3-17(11-23(22)33-25)26(34)31-21-10-19(12-28-14-21)18-9-16-7-8-29-24(16)30-13-18/h1-14H,(H,29,30)(H,31,34)(H,32,33). The van der Waals surface area contributed by atoms with Gasteiger partial charge < -0.3 is 15.3 Å². The third-order valence-corrected chi connectivity index (χ3v) is 5.84. The number of carbonyl (C=O) groups is 1. The fraction of sp³-hybridized carbons (Fsp3) is 0. The summed E-state index contributed by atoms with van der Waals surface area (Å²) >= 11 is 5.98. The number of hydrogen-bond donors (Lipinski definition) is 3. The molecule has 0 saturated carbocycles. The number of nitrogens with zero attached hydrogens (tertiary/aromatic N) is 3. The lowest BCUT2D eigenvalue weighted by molar-refractivity contribution is 0.102. The van der Waals surface area contributed by atoms with E-state index in [0.717, 1.165) is 38.8 Å². The Bertz CT molecular complexity index is 1670. The minimum absolute atomic E-state index is 0.234. The minimum atomic E-state index is -0.234. The smallest absolute Gasteiger partial charge is 0.255 e. The van der Waals surface area contributed by atoms with Gasteiger partial charge in [-0.15, -0.1) is 0 Å². The molecule has 0 fully saturated rings. The maximum atomic E-state index is 13.0. The van der Waals surface area contributed by atoms with Crippen molar-refractivity contribution in [2.75, 3.05) is 5.32 Å². The van der Waals surface area contributed by atoms with Gasteiger partial charge >= 0.3 is 0 Å². The Labute approximate surface area is 198 Å². The molecule has 0 radical (unpaired) electrons. The van der Waals surface area contributed by atoms with Crippen molar-refractivity contribution in [3.8, 4) is 22.5 Å². The number of aromatic amines is 2. The molecule has 0 aliphatic carbocycles. The van der Waals surface area contributed by atoms with E-state index in [9.17, 15) is 4.79 Å². The van der Waals surface area contributed by atoms with E-state index in [1.165, 1.54) is 0 Å². The van der Waals surface area contributed by atoms with Crippen LogP contribution in [0.1, 0.15) is 10.4 Å². The highest BCUT2D eigenvalue weighted by Gasteiger charge is 2.12. The average molecular weight is 465 g/mol. The van der Waals surface area contributed by atoms with E-state index in [0.29, 0.717) is 22.1 Å². The zero-order chi connectivity index (χ0) is 23.1. The first kappa shape index (κ1) is 20.1. The van der Waals surface area contributed by atoms with Crippen molar-refractivity contribution in [2.45, 2.75) is 0 Å². The molecule has 0 aliphatic heterocycles. The molecule has 164 valence electrons. The summed E-state index contributed by atoms with van der Waals surface area (Å²) in [5, 5.41) is 4.61. The van der Waals surface area contributed by atoms with Crippen LogP contribution in [-0.2, 0) is 0 Å². The third-order valence-electron chi connectivity index (χ3n) is 5.59. The molecule has 0 bridgehead atoms. The summed E-state index contributed by atoms with van der Waals surface area (Å²) in [5.41, 5.74) is 6.20. The molecule has 4 heterocycles. The summed E-state index contributed by atoms with van der Waals surface area (Å²) in [6.45, 7) is 0. The van der Waals surface area contributed by atoms with Crippen LogP contribution in [0.5, 0.6) is 0 Å². The number of nitrogens with one attached hydrogen (secondary N) is 3. The summed E-state index contributed by atoms with van der Waals surface area (Å²) in [5.74, 6) is 0.483. The van der Waals surface area contributed by atoms with Gasteiger partial charge in [-0.05, 0) is 60.7 Å². The first-order chi connectivity index (χ1) is 16.6. The fourth-order valence-corrected chi connectivity index (χ4v) is 3.99. The van der Waals surface area contributed by atoms with Crippen LogP contribution in [0.2, 0.25) is 5.02 Å². The number of imidazole rings is 1. The number of benzene rings is 2. The third kappa shape index (κ3) is 3.78. The van der Waals surface area contributed by atoms with Crippen LogP contribution in [0.3, 0.4) is 0 Å². The van der Waals surface area contributed by atoms with Crippen molar-refractivity contribution in [2.24, 2.45) is 0 Å². The van der Waals surface area contributed by atoms with Crippen molar-refractivity contribution in [1.82, 2.24) is 24.9 Å². The Morgan fingerprint density at radius 1 is 0.882 bits per heavy atom. The van der Waals surface area contributed by atoms with Gasteiger partial charge in [-0.1, -0.05) is 11.6 Å². The number of amides is 1. The lowest BCUT2D eigenvalue weighted by atomic mass is 10.1. The van der Waals surface area contributed by atoms with Crippen LogP contribution < -0.4 is 5.32 Å². The SMILES string of the molecule is O=C(Nc1cncc(-c2cnc3[nH]ccc3c2)c1)c1ccc2nc(-c3ccc(Cl)cc3)[nH]c2c1. The zero-order valence-electron chi connectivity index (χ0n) is 17.7. The van der Waals surface area contributed by atoms with Crippen LogP contribution in [0.25, 0.3) is 44.6 Å². The molecule has 6 rings (SSSR count). The molecule has 8 heteroatoms. The number of rotatable bonds is 4. The van der Waals surface area contributed by atoms with Crippen LogP contribution in [-0.4, -0.2) is 30.8 Å². The Morgan fingerprint density at radius 3 is 2.62 bits per heavy atom. The first-order valence-corrected chi connectivity index (χ1v) is 11.0. The van der Waals surface area contributed by atoms with Crippen molar-refractivity contribution < 1.29 is 4.79 Å². The molecular weight excluding hydrogens is 448 g/mol. The molecule has 1 amide bonds. The van der Waals surface area contributed by atoms with E-state index in [1.807, 2.05) is 54.7 Å². The molecule has 34 heavy (non-hydrogen) atoms. The van der Waals surface area contributed by atoms with Crippen LogP contribution in [0.4, 0.5) is 5.69 Å². The van der Waals surface area contributed by atoms with Crippen molar-refractivity contribution in [3.05, 3.63) is 96.0 Å². The first-order valence-electron chi connectivity index (χ1n) is 10.6. The second-order valence-electron chi connectivity index (χ2n) is 7.88. The summed E-state index contributed by atoms with van der Waals surface area (Å²) in [7, 11) is 0. The van der Waals surface area contributed by atoms with Gasteiger partial charge in [-0.2, -0.15) is 0 Å². The highest BCUT2D eigenvalue weighted by atomic mass is 35.5. The topological polar surface area (TPSA) is 99.3 Å². The second-order valence-corrected chi connectivity index (χ2v) is 8.32. The number of aromatic nitrogens is 5. The van der Waals surface area contributed by atoms with E-state index in [-0.39, 0.29) is 5.91 Å². The molecule has 0 saturated heterocycles. The molecule has 4 aromatic heterocycles. The molecule has 6 aromatic rings. The molecule has 0 unspecified atom stereocenters. The van der Waals surface area contributed by atoms with Crippen LogP contribution in [0, 0.1) is 0 Å². The predicted molar refractivity (Wildman–Crippen MR) is 134 cm³/mol. The predicted octanol–water partition coefficient (Wildman–Crippen LogP) is 6.07. The van der Waals surface area contributed by atoms with E-state index >= 15 is 0 Å². The van der Waals surface area contributed by atoms with Crippen LogP contribution in [0.15, 0.2) is 85.5 Å². The van der Waals surface area contributed by atoms with E-state index in [2.05, 4.69) is 30.2 Å². The highest BCUT2D eigenvalue weighted by Crippen LogP contribution is 2.25. The Morgan fingerprint density at radius 2 is 1.74 bits per heavy atom. The Kier molecular flexibility index (Phi) is 4.82. The van der Waals surface area contributed by atoms with Gasteiger partial charge in [-0.25, -0.2) is 9.97 Å². The normalized spacial score (nSPS) is 11.2. The van der Waals surface area contributed by atoms with Gasteiger partial charge in [0.05, 0.1) is 22.9 Å². The summed E-state index contributed by atoms with van der Waals surface area (Å²) in [4.78, 5) is 32.6. The number of hydrogen-bond acceptors (Lipinski definition) is 4. The summed E-state index contributed by atoms with van der Waals surface area (Å²) in [6, 6.07) is 18.7. The molecule has 0 atom stereocenters. The van der Waals surface area contributed by atoms with Gasteiger partial charge in [0.2, 0.25) is 0 Å². The van der Waals surface area contributed by atoms with Gasteiger partial charge in [-0.3, -0.25) is 9.78 Å². The van der Waals surface area contributed by atoms with Crippen LogP contribution >= 0.6 is 11.6 Å². The molecule has 2 aromatic carbocycles. The summed E-state index contributed by atoms with van der Waals surface area (Å²) in [6.07, 6.45) is 7.01. The summed E-state index contributed by atoms with van der Waals surface area (Å²) < 4.78 is 0. The number of fused-ring (bicyclic) bond motifs is 2. The molecular formula is C26H17ClN6O. The maximum Gasteiger partial charge on any atom is 0.255 e. The average Bonchev–Trinajstić information content (AvgIpc) is 3.50. The van der Waals surface area contributed by atoms with E-state index in [1.54, 1.807) is 30.7 Å². The lowest BCUT2D eigenvalue weighted by Crippen LogP contribution is -2.12. The largest absolute Gasteiger partial charge is 0.346 e. The number of H-pyrrole nitrogens is 2. The van der Waals surface area contributed by atoms with E-state index in [4.69, 9.17) is 11.6 Å². The molecule has 0 spiro atoms. The van der Waals surface area contributed by atoms with Crippen molar-refractivity contribution in [3.63, 3.8) is 0 Å². The van der Waals surface area contributed by atoms with Crippen molar-refractivity contribution in [1.29, 1.82) is 0 Å². The lowest BCUT2D eigenvalue weighted by Gasteiger charge is -2.07. The highest BCUT2D eigenvalue weighted by molar-refractivity contribution is 6.30. The van der Waals surface area contributed by atoms with Crippen molar-refractivity contribution >= 4 is 45.3 Å². The quantitative estimate of drug-likeness (QED) is 0.294. The molecule has 3 N–H and O–H groups in total. The maximum absolute atomic E-state index is 13.0. The van der Waals surface area contributed by atoms with Gasteiger partial charge in [0.25, 0.3) is 5.91 Å². The fourth-order valence-electron chi connectivity index (χ4n) is 3.86. The van der Waals surface area contributed by atoms with E-state index < -0.39 is 0 Å². The Balaban J connectivity index is 1.25. The number of pyridine rings is 2. The zero-order valence-corrected chi connectivity index (χ0v) is 18.5. The van der Waals surface area contributed by atoms with Gasteiger partial charge in [0.1, 0.15) is 11.5 Å². The number of halogens is 1. The van der Waals surface area contributed by atoms with Gasteiger partial charge in [0, 0.05) is 51.3 Å². The van der Waals surface area contributed by atoms with Gasteiger partial charge in [0.15, 0.2) is 0 Å². The molecule has 0 aliphatic rings.